The summed E-state index contributed by atoms with van der Waals surface area (Å²) in [5, 5.41) is 0. The van der Waals surface area contributed by atoms with Gasteiger partial charge in [0.1, 0.15) is 5.75 Å². The van der Waals surface area contributed by atoms with Gasteiger partial charge in [0.2, 0.25) is 0 Å². The van der Waals surface area contributed by atoms with Gasteiger partial charge in [0.05, 0.1) is 7.11 Å². The first-order valence-electron chi connectivity index (χ1n) is 6.72. The second-order valence-electron chi connectivity index (χ2n) is 6.45. The molecule has 2 atom stereocenters. The van der Waals surface area contributed by atoms with E-state index in [1.54, 1.807) is 7.11 Å². The highest BCUT2D eigenvalue weighted by atomic mass is 16.5. The van der Waals surface area contributed by atoms with Gasteiger partial charge in [-0.25, -0.2) is 0 Å². The van der Waals surface area contributed by atoms with Crippen LogP contribution in [0, 0.1) is 11.3 Å². The fourth-order valence-corrected chi connectivity index (χ4v) is 2.66. The highest BCUT2D eigenvalue weighted by Gasteiger charge is 2.19. The fourth-order valence-electron chi connectivity index (χ4n) is 2.66. The second-order valence-corrected chi connectivity index (χ2v) is 6.45. The highest BCUT2D eigenvalue weighted by Crippen LogP contribution is 2.32. The zero-order valence-corrected chi connectivity index (χ0v) is 12.4. The molecule has 0 fully saturated rings. The molecule has 2 N–H and O–H groups in total. The van der Waals surface area contributed by atoms with Crippen LogP contribution in [-0.4, -0.2) is 7.11 Å². The van der Waals surface area contributed by atoms with Gasteiger partial charge in [0.25, 0.3) is 0 Å². The Morgan fingerprint density at radius 2 is 1.83 bits per heavy atom. The third-order valence-corrected chi connectivity index (χ3v) is 3.16. The van der Waals surface area contributed by atoms with Crippen molar-refractivity contribution >= 4 is 0 Å². The normalized spacial score (nSPS) is 15.2. The zero-order valence-electron chi connectivity index (χ0n) is 12.4. The molecule has 2 unspecified atom stereocenters. The van der Waals surface area contributed by atoms with Crippen molar-refractivity contribution in [3.05, 3.63) is 29.8 Å². The van der Waals surface area contributed by atoms with E-state index in [1.807, 2.05) is 18.2 Å². The SMILES string of the molecule is COc1ccccc1C(N)CC(C)CC(C)(C)C. The van der Waals surface area contributed by atoms with Crippen LogP contribution < -0.4 is 10.5 Å². The van der Waals surface area contributed by atoms with Crippen LogP contribution in [0.1, 0.15) is 52.1 Å². The fraction of sp³-hybridized carbons (Fsp3) is 0.625. The molecule has 18 heavy (non-hydrogen) atoms. The van der Waals surface area contributed by atoms with Gasteiger partial charge in [0, 0.05) is 11.6 Å². The Morgan fingerprint density at radius 3 is 2.39 bits per heavy atom. The van der Waals surface area contributed by atoms with Crippen molar-refractivity contribution in [2.45, 2.75) is 46.6 Å². The molecule has 0 amide bonds. The lowest BCUT2D eigenvalue weighted by molar-refractivity contribution is 0.285. The van der Waals surface area contributed by atoms with Crippen LogP contribution in [0.3, 0.4) is 0 Å². The molecular weight excluding hydrogens is 222 g/mol. The number of para-hydroxylation sites is 1. The lowest BCUT2D eigenvalue weighted by Gasteiger charge is -2.26. The number of ether oxygens (including phenoxy) is 1. The van der Waals surface area contributed by atoms with E-state index in [-0.39, 0.29) is 6.04 Å². The van der Waals surface area contributed by atoms with Crippen LogP contribution in [-0.2, 0) is 0 Å². The first kappa shape index (κ1) is 15.0. The Balaban J connectivity index is 2.67. The lowest BCUT2D eigenvalue weighted by atomic mass is 9.82. The van der Waals surface area contributed by atoms with Crippen LogP contribution in [0.15, 0.2) is 24.3 Å². The van der Waals surface area contributed by atoms with Crippen molar-refractivity contribution in [3.63, 3.8) is 0 Å². The minimum atomic E-state index is 0.0542. The van der Waals surface area contributed by atoms with Crippen molar-refractivity contribution < 1.29 is 4.74 Å². The Kier molecular flexibility index (Phi) is 5.21. The predicted octanol–water partition coefficient (Wildman–Crippen LogP) is 4.16. The quantitative estimate of drug-likeness (QED) is 0.850. The molecular formula is C16H27NO. The monoisotopic (exact) mass is 249 g/mol. The molecule has 0 aromatic heterocycles. The molecule has 0 aliphatic heterocycles. The Bertz CT molecular complexity index is 368. The molecule has 0 aliphatic carbocycles. The average Bonchev–Trinajstić information content (AvgIpc) is 2.26. The summed E-state index contributed by atoms with van der Waals surface area (Å²) in [7, 11) is 1.70. The smallest absolute Gasteiger partial charge is 0.123 e. The Morgan fingerprint density at radius 1 is 1.22 bits per heavy atom. The molecule has 2 nitrogen and oxygen atoms in total. The average molecular weight is 249 g/mol. The van der Waals surface area contributed by atoms with E-state index in [9.17, 15) is 0 Å². The number of methoxy groups -OCH3 is 1. The molecule has 0 bridgehead atoms. The van der Waals surface area contributed by atoms with E-state index in [2.05, 4.69) is 33.8 Å². The van der Waals surface area contributed by atoms with Gasteiger partial charge in [-0.1, -0.05) is 45.9 Å². The largest absolute Gasteiger partial charge is 0.496 e. The van der Waals surface area contributed by atoms with Gasteiger partial charge in [-0.2, -0.15) is 0 Å². The third-order valence-electron chi connectivity index (χ3n) is 3.16. The lowest BCUT2D eigenvalue weighted by Crippen LogP contribution is -2.18. The maximum Gasteiger partial charge on any atom is 0.123 e. The van der Waals surface area contributed by atoms with Crippen molar-refractivity contribution in [1.82, 2.24) is 0 Å². The van der Waals surface area contributed by atoms with E-state index >= 15 is 0 Å². The summed E-state index contributed by atoms with van der Waals surface area (Å²) in [6.07, 6.45) is 2.19. The van der Waals surface area contributed by atoms with Gasteiger partial charge in [-0.05, 0) is 30.2 Å². The summed E-state index contributed by atoms with van der Waals surface area (Å²) in [6.45, 7) is 9.11. The summed E-state index contributed by atoms with van der Waals surface area (Å²) >= 11 is 0. The Hall–Kier alpha value is -1.02. The van der Waals surface area contributed by atoms with Crippen molar-refractivity contribution in [2.24, 2.45) is 17.1 Å². The molecule has 0 spiro atoms. The molecule has 102 valence electrons. The van der Waals surface area contributed by atoms with Gasteiger partial charge < -0.3 is 10.5 Å². The number of benzene rings is 1. The molecule has 1 aromatic rings. The molecule has 0 radical (unpaired) electrons. The molecule has 2 heteroatoms. The van der Waals surface area contributed by atoms with E-state index in [4.69, 9.17) is 10.5 Å². The predicted molar refractivity (Wildman–Crippen MR) is 77.8 cm³/mol. The van der Waals surface area contributed by atoms with Crippen LogP contribution in [0.25, 0.3) is 0 Å². The number of nitrogens with two attached hydrogens (primary N) is 1. The van der Waals surface area contributed by atoms with Crippen LogP contribution in [0.4, 0.5) is 0 Å². The summed E-state index contributed by atoms with van der Waals surface area (Å²) in [5.74, 6) is 1.51. The van der Waals surface area contributed by atoms with Crippen LogP contribution in [0.2, 0.25) is 0 Å². The van der Waals surface area contributed by atoms with Crippen molar-refractivity contribution in [3.8, 4) is 5.75 Å². The summed E-state index contributed by atoms with van der Waals surface area (Å²) in [4.78, 5) is 0. The van der Waals surface area contributed by atoms with Gasteiger partial charge in [0.15, 0.2) is 0 Å². The van der Waals surface area contributed by atoms with Gasteiger partial charge in [-0.15, -0.1) is 0 Å². The van der Waals surface area contributed by atoms with Gasteiger partial charge >= 0.3 is 0 Å². The van der Waals surface area contributed by atoms with Crippen molar-refractivity contribution in [1.29, 1.82) is 0 Å². The van der Waals surface area contributed by atoms with Crippen LogP contribution >= 0.6 is 0 Å². The zero-order chi connectivity index (χ0) is 13.8. The number of hydrogen-bond donors (Lipinski definition) is 1. The summed E-state index contributed by atoms with van der Waals surface area (Å²) in [5.41, 5.74) is 7.78. The first-order chi connectivity index (χ1) is 8.33. The molecule has 0 saturated heterocycles. The first-order valence-corrected chi connectivity index (χ1v) is 6.72. The maximum atomic E-state index is 6.31. The van der Waals surface area contributed by atoms with Crippen LogP contribution in [0.5, 0.6) is 5.75 Å². The number of rotatable bonds is 5. The van der Waals surface area contributed by atoms with E-state index in [1.165, 1.54) is 6.42 Å². The molecule has 0 aliphatic rings. The maximum absolute atomic E-state index is 6.31. The minimum absolute atomic E-state index is 0.0542. The van der Waals surface area contributed by atoms with Crippen molar-refractivity contribution in [2.75, 3.05) is 7.11 Å². The molecule has 0 heterocycles. The topological polar surface area (TPSA) is 35.2 Å². The third kappa shape index (κ3) is 4.69. The molecule has 0 saturated carbocycles. The number of hydrogen-bond acceptors (Lipinski definition) is 2. The van der Waals surface area contributed by atoms with E-state index in [0.717, 1.165) is 17.7 Å². The standard InChI is InChI=1S/C16H27NO/c1-12(11-16(2,3)4)10-14(17)13-8-6-7-9-15(13)18-5/h6-9,12,14H,10-11,17H2,1-5H3. The highest BCUT2D eigenvalue weighted by molar-refractivity contribution is 5.35. The molecule has 1 rings (SSSR count). The second kappa shape index (κ2) is 6.24. The minimum Gasteiger partial charge on any atom is -0.496 e. The van der Waals surface area contributed by atoms with Gasteiger partial charge in [-0.3, -0.25) is 0 Å². The van der Waals surface area contributed by atoms with E-state index in [0.29, 0.717) is 11.3 Å². The summed E-state index contributed by atoms with van der Waals surface area (Å²) in [6, 6.07) is 8.09. The summed E-state index contributed by atoms with van der Waals surface area (Å²) < 4.78 is 5.37. The Labute approximate surface area is 112 Å². The van der Waals surface area contributed by atoms with E-state index < -0.39 is 0 Å². The molecule has 1 aromatic carbocycles.